The number of nitrogens with zero attached hydrogens (tertiary/aromatic N) is 1. The van der Waals surface area contributed by atoms with Crippen molar-refractivity contribution in [3.05, 3.63) is 0 Å². The number of rotatable bonds is 5. The number of hydrogen-bond acceptors (Lipinski definition) is 5. The van der Waals surface area contributed by atoms with Gasteiger partial charge in [0.2, 0.25) is 0 Å². The van der Waals surface area contributed by atoms with E-state index in [2.05, 4.69) is 10.2 Å². The highest BCUT2D eigenvalue weighted by Gasteiger charge is 2.48. The minimum Gasteiger partial charge on any atom is -0.468 e. The summed E-state index contributed by atoms with van der Waals surface area (Å²) < 4.78 is 10.5. The normalized spacial score (nSPS) is 32.0. The zero-order valence-corrected chi connectivity index (χ0v) is 12.8. The average molecular weight is 284 g/mol. The first-order chi connectivity index (χ1) is 9.73. The van der Waals surface area contributed by atoms with Gasteiger partial charge in [-0.25, -0.2) is 0 Å². The fourth-order valence-corrected chi connectivity index (χ4v) is 3.71. The molecule has 0 aromatic carbocycles. The third-order valence-corrected chi connectivity index (χ3v) is 4.93. The summed E-state index contributed by atoms with van der Waals surface area (Å²) in [5.41, 5.74) is -0.461. The second-order valence-corrected chi connectivity index (χ2v) is 5.90. The van der Waals surface area contributed by atoms with Gasteiger partial charge in [0.25, 0.3) is 0 Å². The molecular formula is C15H28N2O3. The van der Waals surface area contributed by atoms with Crippen molar-refractivity contribution in [2.75, 3.05) is 47.0 Å². The third kappa shape index (κ3) is 3.32. The van der Waals surface area contributed by atoms with Gasteiger partial charge in [0.1, 0.15) is 5.54 Å². The molecule has 1 aliphatic heterocycles. The van der Waals surface area contributed by atoms with Crippen LogP contribution in [0.1, 0.15) is 32.1 Å². The molecule has 5 nitrogen and oxygen atoms in total. The maximum absolute atomic E-state index is 12.2. The van der Waals surface area contributed by atoms with Crippen LogP contribution in [0.4, 0.5) is 0 Å². The van der Waals surface area contributed by atoms with Gasteiger partial charge in [-0.05, 0) is 45.2 Å². The van der Waals surface area contributed by atoms with E-state index in [0.717, 1.165) is 65.0 Å². The van der Waals surface area contributed by atoms with Crippen molar-refractivity contribution in [3.8, 4) is 0 Å². The molecule has 0 spiro atoms. The van der Waals surface area contributed by atoms with Crippen LogP contribution in [0.15, 0.2) is 0 Å². The van der Waals surface area contributed by atoms with Crippen molar-refractivity contribution in [2.24, 2.45) is 5.92 Å². The van der Waals surface area contributed by atoms with E-state index in [-0.39, 0.29) is 5.97 Å². The Balaban J connectivity index is 1.91. The number of methoxy groups -OCH3 is 1. The monoisotopic (exact) mass is 284 g/mol. The van der Waals surface area contributed by atoms with Crippen LogP contribution in [-0.2, 0) is 14.3 Å². The smallest absolute Gasteiger partial charge is 0.326 e. The Labute approximate surface area is 122 Å². The van der Waals surface area contributed by atoms with Gasteiger partial charge in [0, 0.05) is 19.7 Å². The Morgan fingerprint density at radius 1 is 1.40 bits per heavy atom. The van der Waals surface area contributed by atoms with Crippen LogP contribution in [0, 0.1) is 5.92 Å². The molecule has 1 saturated carbocycles. The first kappa shape index (κ1) is 15.7. The van der Waals surface area contributed by atoms with Gasteiger partial charge >= 0.3 is 5.97 Å². The van der Waals surface area contributed by atoms with Crippen molar-refractivity contribution in [2.45, 2.75) is 37.6 Å². The minimum absolute atomic E-state index is 0.0956. The highest BCUT2D eigenvalue weighted by atomic mass is 16.5. The van der Waals surface area contributed by atoms with Crippen molar-refractivity contribution < 1.29 is 14.3 Å². The van der Waals surface area contributed by atoms with E-state index >= 15 is 0 Å². The van der Waals surface area contributed by atoms with Gasteiger partial charge in [-0.3, -0.25) is 4.79 Å². The second-order valence-electron chi connectivity index (χ2n) is 5.90. The molecule has 1 N–H and O–H groups in total. The number of nitrogens with one attached hydrogen (secondary N) is 1. The SMILES string of the molecule is CNC1(C(=O)OC)CCCC1CCN1CCCOCC1. The molecule has 0 aromatic heterocycles. The third-order valence-electron chi connectivity index (χ3n) is 4.93. The fourth-order valence-electron chi connectivity index (χ4n) is 3.71. The molecule has 2 rings (SSSR count). The molecule has 0 amide bonds. The quantitative estimate of drug-likeness (QED) is 0.764. The second kappa shape index (κ2) is 7.38. The summed E-state index contributed by atoms with van der Waals surface area (Å²) in [6.45, 7) is 4.88. The molecule has 2 fully saturated rings. The van der Waals surface area contributed by atoms with Crippen LogP contribution >= 0.6 is 0 Å². The molecule has 2 aliphatic rings. The van der Waals surface area contributed by atoms with Gasteiger partial charge < -0.3 is 19.7 Å². The molecule has 5 heteroatoms. The summed E-state index contributed by atoms with van der Waals surface area (Å²) in [5.74, 6) is 0.283. The lowest BCUT2D eigenvalue weighted by Crippen LogP contribution is -2.54. The Morgan fingerprint density at radius 2 is 2.25 bits per heavy atom. The molecule has 20 heavy (non-hydrogen) atoms. The van der Waals surface area contributed by atoms with Gasteiger partial charge in [-0.15, -0.1) is 0 Å². The number of carbonyl (C=O) groups excluding carboxylic acids is 1. The Hall–Kier alpha value is -0.650. The Bertz CT molecular complexity index is 316. The molecule has 116 valence electrons. The lowest BCUT2D eigenvalue weighted by molar-refractivity contribution is -0.150. The molecule has 1 aliphatic carbocycles. The van der Waals surface area contributed by atoms with Crippen molar-refractivity contribution >= 4 is 5.97 Å². The highest BCUT2D eigenvalue weighted by molar-refractivity contribution is 5.81. The first-order valence-corrected chi connectivity index (χ1v) is 7.80. The largest absolute Gasteiger partial charge is 0.468 e. The van der Waals surface area contributed by atoms with E-state index in [4.69, 9.17) is 9.47 Å². The summed E-state index contributed by atoms with van der Waals surface area (Å²) in [7, 11) is 3.37. The van der Waals surface area contributed by atoms with Gasteiger partial charge in [-0.2, -0.15) is 0 Å². The lowest BCUT2D eigenvalue weighted by Gasteiger charge is -2.33. The summed E-state index contributed by atoms with van der Waals surface area (Å²) in [6.07, 6.45) is 5.27. The van der Waals surface area contributed by atoms with Gasteiger partial charge in [0.15, 0.2) is 0 Å². The predicted molar refractivity (Wildman–Crippen MR) is 77.6 cm³/mol. The lowest BCUT2D eigenvalue weighted by atomic mass is 9.84. The predicted octanol–water partition coefficient (Wildman–Crippen LogP) is 1.03. The minimum atomic E-state index is -0.461. The topological polar surface area (TPSA) is 50.8 Å². The number of hydrogen-bond donors (Lipinski definition) is 1. The van der Waals surface area contributed by atoms with Gasteiger partial charge in [-0.1, -0.05) is 6.42 Å². The molecule has 0 aromatic rings. The maximum atomic E-state index is 12.2. The zero-order chi connectivity index (χ0) is 14.4. The van der Waals surface area contributed by atoms with E-state index < -0.39 is 5.54 Å². The van der Waals surface area contributed by atoms with E-state index in [0.29, 0.717) is 5.92 Å². The highest BCUT2D eigenvalue weighted by Crippen LogP contribution is 2.38. The summed E-state index contributed by atoms with van der Waals surface area (Å²) in [6, 6.07) is 0. The summed E-state index contributed by atoms with van der Waals surface area (Å²) in [5, 5.41) is 3.26. The Morgan fingerprint density at radius 3 is 3.00 bits per heavy atom. The van der Waals surface area contributed by atoms with Crippen LogP contribution in [-0.4, -0.2) is 63.4 Å². The standard InChI is InChI=1S/C15H28N2O3/c1-16-15(14(18)19-2)7-3-5-13(15)6-9-17-8-4-11-20-12-10-17/h13,16H,3-12H2,1-2H3. The van der Waals surface area contributed by atoms with Gasteiger partial charge in [0.05, 0.1) is 13.7 Å². The first-order valence-electron chi connectivity index (χ1n) is 7.80. The molecule has 1 saturated heterocycles. The van der Waals surface area contributed by atoms with Crippen LogP contribution < -0.4 is 5.32 Å². The number of carbonyl (C=O) groups is 1. The van der Waals surface area contributed by atoms with E-state index in [9.17, 15) is 4.79 Å². The van der Waals surface area contributed by atoms with Crippen molar-refractivity contribution in [1.29, 1.82) is 0 Å². The van der Waals surface area contributed by atoms with Crippen LogP contribution in [0.5, 0.6) is 0 Å². The van der Waals surface area contributed by atoms with E-state index in [1.165, 1.54) is 7.11 Å². The maximum Gasteiger partial charge on any atom is 0.326 e. The molecule has 0 radical (unpaired) electrons. The molecule has 2 atom stereocenters. The van der Waals surface area contributed by atoms with Crippen molar-refractivity contribution in [1.82, 2.24) is 10.2 Å². The molecule has 1 heterocycles. The van der Waals surface area contributed by atoms with Crippen molar-refractivity contribution in [3.63, 3.8) is 0 Å². The van der Waals surface area contributed by atoms with E-state index in [1.807, 2.05) is 7.05 Å². The molecule has 2 unspecified atom stereocenters. The summed E-state index contributed by atoms with van der Waals surface area (Å²) >= 11 is 0. The van der Waals surface area contributed by atoms with Crippen LogP contribution in [0.25, 0.3) is 0 Å². The number of esters is 1. The number of likely N-dealkylation sites (N-methyl/N-ethyl adjacent to an activating group) is 1. The average Bonchev–Trinajstić information content (AvgIpc) is 2.72. The van der Waals surface area contributed by atoms with Crippen LogP contribution in [0.3, 0.4) is 0 Å². The fraction of sp³-hybridized carbons (Fsp3) is 0.933. The molecule has 0 bridgehead atoms. The summed E-state index contributed by atoms with van der Waals surface area (Å²) in [4.78, 5) is 14.6. The zero-order valence-electron chi connectivity index (χ0n) is 12.8. The van der Waals surface area contributed by atoms with E-state index in [1.54, 1.807) is 0 Å². The Kier molecular flexibility index (Phi) is 5.81. The number of ether oxygens (including phenoxy) is 2. The van der Waals surface area contributed by atoms with Crippen LogP contribution in [0.2, 0.25) is 0 Å². The molecular weight excluding hydrogens is 256 g/mol.